The standard InChI is InChI=1S/C14H28O3Si/c1-14(2,3)18(4,5)17-11-7-6-9-8-10(15)13(16)12(9)11/h9-13,15-16H,6-8H2,1-5H3/t9-,10-,11-,12+,13-/m1/s1. The van der Waals surface area contributed by atoms with Gasteiger partial charge in [0.25, 0.3) is 0 Å². The van der Waals surface area contributed by atoms with Crippen LogP contribution in [-0.4, -0.2) is 36.8 Å². The zero-order chi connectivity index (χ0) is 13.7. The number of fused-ring (bicyclic) bond motifs is 1. The van der Waals surface area contributed by atoms with Gasteiger partial charge in [-0.25, -0.2) is 0 Å². The van der Waals surface area contributed by atoms with Crippen molar-refractivity contribution in [3.8, 4) is 0 Å². The molecule has 0 aromatic rings. The first-order chi connectivity index (χ1) is 8.13. The van der Waals surface area contributed by atoms with Gasteiger partial charge in [0.15, 0.2) is 8.32 Å². The first-order valence-electron chi connectivity index (χ1n) is 7.17. The predicted octanol–water partition coefficient (Wildman–Crippen LogP) is 2.53. The molecule has 3 nitrogen and oxygen atoms in total. The molecule has 2 N–H and O–H groups in total. The fraction of sp³-hybridized carbons (Fsp3) is 1.00. The van der Waals surface area contributed by atoms with Gasteiger partial charge in [-0.1, -0.05) is 20.8 Å². The Kier molecular flexibility index (Phi) is 3.69. The zero-order valence-corrected chi connectivity index (χ0v) is 13.3. The Morgan fingerprint density at radius 3 is 2.28 bits per heavy atom. The van der Waals surface area contributed by atoms with Crippen LogP contribution in [-0.2, 0) is 4.43 Å². The minimum Gasteiger partial charge on any atom is -0.414 e. The van der Waals surface area contributed by atoms with E-state index >= 15 is 0 Å². The SMILES string of the molecule is CC(C)(C)[Si](C)(C)O[C@@H]1CC[C@@H]2C[C@@H](O)[C@@H](O)[C@@H]21. The molecule has 2 aliphatic carbocycles. The van der Waals surface area contributed by atoms with Crippen LogP contribution in [0.15, 0.2) is 0 Å². The summed E-state index contributed by atoms with van der Waals surface area (Å²) in [6.07, 6.45) is 1.94. The Labute approximate surface area is 112 Å². The Bertz CT molecular complexity index is 309. The molecule has 0 bridgehead atoms. The van der Waals surface area contributed by atoms with Crippen molar-refractivity contribution in [2.45, 2.75) is 76.5 Å². The van der Waals surface area contributed by atoms with Gasteiger partial charge in [-0.3, -0.25) is 0 Å². The second-order valence-electron chi connectivity index (χ2n) is 7.63. The molecular weight excluding hydrogens is 244 g/mol. The van der Waals surface area contributed by atoms with Crippen LogP contribution in [0.1, 0.15) is 40.0 Å². The number of hydrogen-bond donors (Lipinski definition) is 2. The van der Waals surface area contributed by atoms with E-state index < -0.39 is 20.5 Å². The largest absolute Gasteiger partial charge is 0.414 e. The summed E-state index contributed by atoms with van der Waals surface area (Å²) in [7, 11) is -1.77. The summed E-state index contributed by atoms with van der Waals surface area (Å²) in [6, 6.07) is 0. The zero-order valence-electron chi connectivity index (χ0n) is 12.3. The summed E-state index contributed by atoms with van der Waals surface area (Å²) >= 11 is 0. The van der Waals surface area contributed by atoms with E-state index in [9.17, 15) is 10.2 Å². The molecule has 2 aliphatic rings. The van der Waals surface area contributed by atoms with Gasteiger partial charge in [-0.15, -0.1) is 0 Å². The van der Waals surface area contributed by atoms with Crippen LogP contribution in [0.2, 0.25) is 18.1 Å². The van der Waals surface area contributed by atoms with E-state index in [1.807, 2.05) is 0 Å². The molecular formula is C14H28O3Si. The van der Waals surface area contributed by atoms with E-state index in [0.717, 1.165) is 19.3 Å². The number of rotatable bonds is 2. The predicted molar refractivity (Wildman–Crippen MR) is 74.9 cm³/mol. The molecule has 0 saturated heterocycles. The quantitative estimate of drug-likeness (QED) is 0.760. The fourth-order valence-corrected chi connectivity index (χ4v) is 4.62. The van der Waals surface area contributed by atoms with Crippen molar-refractivity contribution < 1.29 is 14.6 Å². The van der Waals surface area contributed by atoms with Crippen LogP contribution in [0.25, 0.3) is 0 Å². The maximum atomic E-state index is 10.1. The van der Waals surface area contributed by atoms with Crippen LogP contribution in [0.5, 0.6) is 0 Å². The van der Waals surface area contributed by atoms with Gasteiger partial charge < -0.3 is 14.6 Å². The number of hydrogen-bond acceptors (Lipinski definition) is 3. The third-order valence-corrected chi connectivity index (χ3v) is 9.88. The molecule has 0 radical (unpaired) electrons. The van der Waals surface area contributed by atoms with E-state index in [1.165, 1.54) is 0 Å². The van der Waals surface area contributed by atoms with Crippen LogP contribution < -0.4 is 0 Å². The summed E-state index contributed by atoms with van der Waals surface area (Å²) in [5.74, 6) is 0.624. The molecule has 18 heavy (non-hydrogen) atoms. The van der Waals surface area contributed by atoms with Crippen LogP contribution in [0.3, 0.4) is 0 Å². The highest BCUT2D eigenvalue weighted by Gasteiger charge is 2.52. The van der Waals surface area contributed by atoms with Crippen LogP contribution in [0, 0.1) is 11.8 Å². The minimum atomic E-state index is -1.77. The van der Waals surface area contributed by atoms with Crippen LogP contribution >= 0.6 is 0 Å². The van der Waals surface area contributed by atoms with E-state index in [4.69, 9.17) is 4.43 Å². The first-order valence-corrected chi connectivity index (χ1v) is 10.1. The van der Waals surface area contributed by atoms with Crippen molar-refractivity contribution in [3.63, 3.8) is 0 Å². The van der Waals surface area contributed by atoms with Crippen molar-refractivity contribution in [2.24, 2.45) is 11.8 Å². The summed E-state index contributed by atoms with van der Waals surface area (Å²) in [5, 5.41) is 20.1. The fourth-order valence-electron chi connectivity index (χ4n) is 3.24. The maximum absolute atomic E-state index is 10.1. The molecule has 5 atom stereocenters. The molecule has 2 saturated carbocycles. The topological polar surface area (TPSA) is 49.7 Å². The summed E-state index contributed by atoms with van der Waals surface area (Å²) in [4.78, 5) is 0. The molecule has 0 spiro atoms. The van der Waals surface area contributed by atoms with Gasteiger partial charge in [0.05, 0.1) is 18.3 Å². The average molecular weight is 272 g/mol. The Morgan fingerprint density at radius 1 is 1.11 bits per heavy atom. The van der Waals surface area contributed by atoms with Gasteiger partial charge in [0, 0.05) is 5.92 Å². The highest BCUT2D eigenvalue weighted by atomic mass is 28.4. The lowest BCUT2D eigenvalue weighted by atomic mass is 9.97. The molecule has 0 aromatic carbocycles. The van der Waals surface area contributed by atoms with Crippen molar-refractivity contribution in [1.82, 2.24) is 0 Å². The van der Waals surface area contributed by atoms with E-state index in [0.29, 0.717) is 5.92 Å². The van der Waals surface area contributed by atoms with Crippen molar-refractivity contribution >= 4 is 8.32 Å². The van der Waals surface area contributed by atoms with Crippen molar-refractivity contribution in [2.75, 3.05) is 0 Å². The van der Waals surface area contributed by atoms with Gasteiger partial charge in [0.1, 0.15) is 0 Å². The number of aliphatic hydroxyl groups is 2. The molecule has 0 aliphatic heterocycles. The molecule has 2 fully saturated rings. The maximum Gasteiger partial charge on any atom is 0.192 e. The monoisotopic (exact) mass is 272 g/mol. The van der Waals surface area contributed by atoms with E-state index in [1.54, 1.807) is 0 Å². The molecule has 0 amide bonds. The molecule has 106 valence electrons. The lowest BCUT2D eigenvalue weighted by Crippen LogP contribution is -2.46. The molecule has 0 heterocycles. The highest BCUT2D eigenvalue weighted by Crippen LogP contribution is 2.48. The first kappa shape index (κ1) is 14.5. The van der Waals surface area contributed by atoms with E-state index in [-0.39, 0.29) is 17.1 Å². The van der Waals surface area contributed by atoms with Gasteiger partial charge >= 0.3 is 0 Å². The second kappa shape index (κ2) is 4.58. The second-order valence-corrected chi connectivity index (χ2v) is 12.4. The third-order valence-electron chi connectivity index (χ3n) is 5.38. The smallest absolute Gasteiger partial charge is 0.192 e. The molecule has 0 aromatic heterocycles. The van der Waals surface area contributed by atoms with Crippen molar-refractivity contribution in [3.05, 3.63) is 0 Å². The highest BCUT2D eigenvalue weighted by molar-refractivity contribution is 6.74. The van der Waals surface area contributed by atoms with Crippen LogP contribution in [0.4, 0.5) is 0 Å². The lowest BCUT2D eigenvalue weighted by molar-refractivity contribution is -0.0123. The Morgan fingerprint density at radius 2 is 1.72 bits per heavy atom. The van der Waals surface area contributed by atoms with Crippen molar-refractivity contribution in [1.29, 1.82) is 0 Å². The lowest BCUT2D eigenvalue weighted by Gasteiger charge is -2.40. The molecule has 4 heteroatoms. The summed E-state index contributed by atoms with van der Waals surface area (Å²) in [6.45, 7) is 11.2. The minimum absolute atomic E-state index is 0.156. The Balaban J connectivity index is 2.07. The molecule has 2 rings (SSSR count). The summed E-state index contributed by atoms with van der Waals surface area (Å²) < 4.78 is 6.46. The summed E-state index contributed by atoms with van der Waals surface area (Å²) in [5.41, 5.74) is 0. The Hall–Kier alpha value is 0.0969. The average Bonchev–Trinajstić information content (AvgIpc) is 2.69. The third kappa shape index (κ3) is 2.40. The number of aliphatic hydroxyl groups excluding tert-OH is 2. The molecule has 0 unspecified atom stereocenters. The van der Waals surface area contributed by atoms with Gasteiger partial charge in [0.2, 0.25) is 0 Å². The van der Waals surface area contributed by atoms with Gasteiger partial charge in [-0.05, 0) is 43.3 Å². The normalized spacial score (nSPS) is 41.2. The van der Waals surface area contributed by atoms with E-state index in [2.05, 4.69) is 33.9 Å². The van der Waals surface area contributed by atoms with Gasteiger partial charge in [-0.2, -0.15) is 0 Å².